The first-order chi connectivity index (χ1) is 10.6. The Hall–Kier alpha value is -1.56. The lowest BCUT2D eigenvalue weighted by molar-refractivity contribution is 0.0552. The van der Waals surface area contributed by atoms with Gasteiger partial charge in [-0.2, -0.15) is 0 Å². The third-order valence-electron chi connectivity index (χ3n) is 5.04. The Kier molecular flexibility index (Phi) is 3.18. The number of hydrogen-bond acceptors (Lipinski definition) is 4. The zero-order valence-corrected chi connectivity index (χ0v) is 13.6. The van der Waals surface area contributed by atoms with E-state index in [1.165, 1.54) is 23.3 Å². The Balaban J connectivity index is 1.53. The van der Waals surface area contributed by atoms with Crippen molar-refractivity contribution < 1.29 is 14.3 Å². The average Bonchev–Trinajstić information content (AvgIpc) is 3.17. The minimum absolute atomic E-state index is 0.113. The average molecular weight is 320 g/mol. The highest BCUT2D eigenvalue weighted by atomic mass is 32.1. The highest BCUT2D eigenvalue weighted by molar-refractivity contribution is 7.10. The molecule has 6 heteroatoms. The van der Waals surface area contributed by atoms with Crippen LogP contribution in [0.15, 0.2) is 5.38 Å². The molecule has 0 N–H and O–H groups in total. The van der Waals surface area contributed by atoms with E-state index in [4.69, 9.17) is 4.74 Å². The molecule has 1 aromatic heterocycles. The van der Waals surface area contributed by atoms with Crippen LogP contribution in [0.25, 0.3) is 0 Å². The molecule has 1 aromatic rings. The Morgan fingerprint density at radius 1 is 1.32 bits per heavy atom. The van der Waals surface area contributed by atoms with Crippen molar-refractivity contribution in [2.75, 3.05) is 26.7 Å². The number of carbonyl (C=O) groups is 2. The molecule has 0 radical (unpaired) electrons. The number of likely N-dealkylation sites (tertiary alicyclic amines) is 1. The van der Waals surface area contributed by atoms with Crippen LogP contribution in [0.1, 0.15) is 40.1 Å². The van der Waals surface area contributed by atoms with Crippen LogP contribution in [-0.2, 0) is 17.6 Å². The van der Waals surface area contributed by atoms with Crippen molar-refractivity contribution in [1.29, 1.82) is 0 Å². The van der Waals surface area contributed by atoms with Gasteiger partial charge in [-0.25, -0.2) is 4.79 Å². The monoisotopic (exact) mass is 320 g/mol. The predicted molar refractivity (Wildman–Crippen MR) is 83.3 cm³/mol. The van der Waals surface area contributed by atoms with E-state index in [-0.39, 0.29) is 12.0 Å². The Morgan fingerprint density at radius 3 is 2.91 bits per heavy atom. The quantitative estimate of drug-likeness (QED) is 0.798. The normalized spacial score (nSPS) is 27.4. The van der Waals surface area contributed by atoms with Crippen LogP contribution in [0, 0.1) is 0 Å². The van der Waals surface area contributed by atoms with E-state index in [0.717, 1.165) is 24.8 Å². The van der Waals surface area contributed by atoms with Gasteiger partial charge in [-0.1, -0.05) is 0 Å². The molecule has 2 aliphatic heterocycles. The molecule has 118 valence electrons. The third-order valence-corrected chi connectivity index (χ3v) is 6.12. The van der Waals surface area contributed by atoms with Crippen molar-refractivity contribution in [2.45, 2.75) is 37.7 Å². The van der Waals surface area contributed by atoms with E-state index < -0.39 is 5.60 Å². The smallest absolute Gasteiger partial charge is 0.410 e. The zero-order chi connectivity index (χ0) is 15.3. The summed E-state index contributed by atoms with van der Waals surface area (Å²) in [7, 11) is 1.75. The number of aryl methyl sites for hydroxylation is 1. The van der Waals surface area contributed by atoms with Crippen LogP contribution in [0.2, 0.25) is 0 Å². The number of nitrogens with zero attached hydrogens (tertiary/aromatic N) is 2. The third kappa shape index (κ3) is 2.12. The molecule has 0 saturated carbocycles. The summed E-state index contributed by atoms with van der Waals surface area (Å²) in [6.45, 7) is 1.77. The maximum atomic E-state index is 12.9. The fraction of sp³-hybridized carbons (Fsp3) is 0.625. The topological polar surface area (TPSA) is 49.9 Å². The molecule has 3 aliphatic rings. The van der Waals surface area contributed by atoms with Gasteiger partial charge in [0.2, 0.25) is 0 Å². The van der Waals surface area contributed by atoms with E-state index >= 15 is 0 Å². The first kappa shape index (κ1) is 14.1. The molecule has 4 rings (SSSR count). The fourth-order valence-corrected chi connectivity index (χ4v) is 4.99. The second-order valence-corrected chi connectivity index (χ2v) is 7.61. The number of amides is 2. The van der Waals surface area contributed by atoms with Gasteiger partial charge in [0.1, 0.15) is 0 Å². The molecular weight excluding hydrogens is 300 g/mol. The van der Waals surface area contributed by atoms with E-state index in [2.05, 4.69) is 0 Å². The van der Waals surface area contributed by atoms with Gasteiger partial charge < -0.3 is 14.5 Å². The molecule has 2 amide bonds. The first-order valence-electron chi connectivity index (χ1n) is 7.91. The van der Waals surface area contributed by atoms with Crippen molar-refractivity contribution in [3.8, 4) is 0 Å². The lowest BCUT2D eigenvalue weighted by Crippen LogP contribution is -2.39. The van der Waals surface area contributed by atoms with Gasteiger partial charge in [-0.15, -0.1) is 11.3 Å². The van der Waals surface area contributed by atoms with Gasteiger partial charge >= 0.3 is 6.09 Å². The molecule has 3 heterocycles. The number of carbonyl (C=O) groups excluding carboxylic acids is 2. The number of rotatable bonds is 1. The molecule has 1 spiro atoms. The van der Waals surface area contributed by atoms with E-state index in [0.29, 0.717) is 19.6 Å². The van der Waals surface area contributed by atoms with Crippen LogP contribution in [0.3, 0.4) is 0 Å². The van der Waals surface area contributed by atoms with Gasteiger partial charge in [-0.05, 0) is 31.2 Å². The van der Waals surface area contributed by atoms with Gasteiger partial charge in [0.15, 0.2) is 5.60 Å². The molecule has 1 atom stereocenters. The van der Waals surface area contributed by atoms with Crippen LogP contribution in [-0.4, -0.2) is 54.1 Å². The summed E-state index contributed by atoms with van der Waals surface area (Å²) >= 11 is 1.72. The Morgan fingerprint density at radius 2 is 2.14 bits per heavy atom. The zero-order valence-electron chi connectivity index (χ0n) is 12.8. The van der Waals surface area contributed by atoms with Crippen LogP contribution in [0.5, 0.6) is 0 Å². The molecule has 2 fully saturated rings. The van der Waals surface area contributed by atoms with Crippen molar-refractivity contribution in [2.24, 2.45) is 0 Å². The fourth-order valence-electron chi connectivity index (χ4n) is 3.87. The van der Waals surface area contributed by atoms with Crippen molar-refractivity contribution >= 4 is 23.3 Å². The largest absolute Gasteiger partial charge is 0.439 e. The number of hydrogen-bond donors (Lipinski definition) is 0. The number of fused-ring (bicyclic) bond motifs is 1. The molecule has 0 unspecified atom stereocenters. The van der Waals surface area contributed by atoms with E-state index in [1.807, 2.05) is 10.3 Å². The maximum absolute atomic E-state index is 12.9. The minimum Gasteiger partial charge on any atom is -0.439 e. The summed E-state index contributed by atoms with van der Waals surface area (Å²) in [5.41, 5.74) is 1.66. The van der Waals surface area contributed by atoms with Crippen LogP contribution < -0.4 is 0 Å². The highest BCUT2D eigenvalue weighted by Crippen LogP contribution is 2.35. The van der Waals surface area contributed by atoms with Gasteiger partial charge in [0.05, 0.1) is 18.7 Å². The van der Waals surface area contributed by atoms with Crippen molar-refractivity contribution in [3.63, 3.8) is 0 Å². The van der Waals surface area contributed by atoms with Gasteiger partial charge in [0.25, 0.3) is 5.91 Å². The molecular formula is C16H20N2O3S. The maximum Gasteiger partial charge on any atom is 0.410 e. The number of ether oxygens (including phenoxy) is 1. The van der Waals surface area contributed by atoms with Crippen molar-refractivity contribution in [3.05, 3.63) is 21.4 Å². The van der Waals surface area contributed by atoms with Crippen LogP contribution >= 0.6 is 11.3 Å². The summed E-state index contributed by atoms with van der Waals surface area (Å²) in [6.07, 6.45) is 5.01. The molecule has 1 aliphatic carbocycles. The molecule has 5 nitrogen and oxygen atoms in total. The van der Waals surface area contributed by atoms with Crippen molar-refractivity contribution in [1.82, 2.24) is 9.80 Å². The number of thiophene rings is 1. The van der Waals surface area contributed by atoms with E-state index in [9.17, 15) is 9.59 Å². The lowest BCUT2D eigenvalue weighted by Gasteiger charge is -2.22. The minimum atomic E-state index is -0.489. The summed E-state index contributed by atoms with van der Waals surface area (Å²) in [6, 6.07) is 0. The Labute approximate surface area is 133 Å². The summed E-state index contributed by atoms with van der Waals surface area (Å²) in [5, 5.41) is 2.02. The summed E-state index contributed by atoms with van der Waals surface area (Å²) in [4.78, 5) is 29.3. The first-order valence-corrected chi connectivity index (χ1v) is 8.79. The standard InChI is InChI=1S/C16H20N2O3S/c1-17-9-16(21-15(17)20)6-7-18(10-16)14(19)12-8-22-13-5-3-2-4-11(12)13/h8H,2-7,9-10H2,1H3/t16-/m0/s1. The molecule has 22 heavy (non-hydrogen) atoms. The predicted octanol–water partition coefficient (Wildman–Crippen LogP) is 2.29. The number of likely N-dealkylation sites (N-methyl/N-ethyl adjacent to an activating group) is 1. The van der Waals surface area contributed by atoms with Crippen LogP contribution in [0.4, 0.5) is 4.79 Å². The second kappa shape index (κ2) is 4.98. The Bertz CT molecular complexity index is 641. The summed E-state index contributed by atoms with van der Waals surface area (Å²) < 4.78 is 5.53. The summed E-state index contributed by atoms with van der Waals surface area (Å²) in [5.74, 6) is 0.113. The SMILES string of the molecule is CN1C[C@]2(CCN(C(=O)c3csc4c3CCCC4)C2)OC1=O. The molecule has 0 aromatic carbocycles. The lowest BCUT2D eigenvalue weighted by atomic mass is 9.95. The van der Waals surface area contributed by atoms with Gasteiger partial charge in [-0.3, -0.25) is 4.79 Å². The molecule has 2 saturated heterocycles. The van der Waals surface area contributed by atoms with Gasteiger partial charge in [0, 0.05) is 30.3 Å². The second-order valence-electron chi connectivity index (χ2n) is 6.64. The van der Waals surface area contributed by atoms with E-state index in [1.54, 1.807) is 23.3 Å². The highest BCUT2D eigenvalue weighted by Gasteiger charge is 2.49. The molecule has 0 bridgehead atoms.